The summed E-state index contributed by atoms with van der Waals surface area (Å²) in [6.07, 6.45) is 49.0. The summed E-state index contributed by atoms with van der Waals surface area (Å²) in [5.74, 6) is -2.65. The average Bonchev–Trinajstić information content (AvgIpc) is 3.28. The Kier molecular flexibility index (Phi) is 72.5. The van der Waals surface area contributed by atoms with Crippen LogP contribution in [0.1, 0.15) is 318 Å². The molecule has 5 N–H and O–H groups in total. The van der Waals surface area contributed by atoms with Crippen LogP contribution in [0.2, 0.25) is 0 Å². The minimum atomic E-state index is -0.663. The molecule has 0 aliphatic carbocycles. The van der Waals surface area contributed by atoms with E-state index in [2.05, 4.69) is 46.4 Å². The van der Waals surface area contributed by atoms with Crippen molar-refractivity contribution in [1.82, 2.24) is 4.90 Å². The number of nitrogens with zero attached hydrogens (tertiary/aromatic N) is 1. The number of hydrogen-bond donors (Lipinski definition) is 5. The van der Waals surface area contributed by atoms with E-state index in [1.807, 2.05) is 14.1 Å². The van der Waals surface area contributed by atoms with Crippen molar-refractivity contribution in [3.05, 3.63) is 0 Å². The second-order valence-corrected chi connectivity index (χ2v) is 19.3. The lowest BCUT2D eigenvalue weighted by Gasteiger charge is -2.25. The molecule has 0 aromatic heterocycles. The molecule has 0 rings (SSSR count). The maximum absolute atomic E-state index is 10.1. The smallest absolute Gasteiger partial charge is 0.303 e. The van der Waals surface area contributed by atoms with Crippen LogP contribution in [0.4, 0.5) is 0 Å². The molecule has 67 heavy (non-hydrogen) atoms. The van der Waals surface area contributed by atoms with E-state index in [-0.39, 0.29) is 12.1 Å². The number of rotatable bonds is 45. The first-order chi connectivity index (χ1) is 32.2. The van der Waals surface area contributed by atoms with Gasteiger partial charge < -0.3 is 30.4 Å². The second kappa shape index (κ2) is 65.9. The minimum Gasteiger partial charge on any atom is -0.481 e. The Hall–Kier alpha value is -2.20. The third kappa shape index (κ3) is 84.2. The molecule has 0 aromatic carbocycles. The lowest BCUT2D eigenvalue weighted by Crippen LogP contribution is -2.36. The van der Waals surface area contributed by atoms with Crippen molar-refractivity contribution < 1.29 is 44.7 Å². The van der Waals surface area contributed by atoms with Crippen LogP contribution in [-0.2, 0) is 19.2 Å². The Labute approximate surface area is 416 Å². The van der Waals surface area contributed by atoms with Gasteiger partial charge >= 0.3 is 23.9 Å². The highest BCUT2D eigenvalue weighted by molar-refractivity contribution is 5.67. The van der Waals surface area contributed by atoms with E-state index in [0.717, 1.165) is 57.8 Å². The van der Waals surface area contributed by atoms with Crippen LogP contribution in [-0.4, -0.2) is 80.6 Å². The van der Waals surface area contributed by atoms with Crippen LogP contribution in [0.15, 0.2) is 0 Å². The summed E-state index contributed by atoms with van der Waals surface area (Å²) in [6, 6.07) is 0.276. The Balaban J connectivity index is -0.000000243. The van der Waals surface area contributed by atoms with Crippen molar-refractivity contribution in [2.45, 2.75) is 330 Å². The number of likely N-dealkylation sites (N-methyl/N-ethyl adjacent to an activating group) is 1. The number of carboxylic acid groups (broad SMARTS) is 4. The Morgan fingerprint density at radius 2 is 0.478 bits per heavy atom. The van der Waals surface area contributed by atoms with E-state index in [1.54, 1.807) is 0 Å². The summed E-state index contributed by atoms with van der Waals surface area (Å²) in [5, 5.41) is 43.4. The highest BCUT2D eigenvalue weighted by Crippen LogP contribution is 2.15. The van der Waals surface area contributed by atoms with Gasteiger partial charge in [0.2, 0.25) is 0 Å². The Bertz CT molecular complexity index is 865. The van der Waals surface area contributed by atoms with E-state index in [1.165, 1.54) is 193 Å². The molecule has 0 aliphatic heterocycles. The zero-order valence-electron chi connectivity index (χ0n) is 45.9. The van der Waals surface area contributed by atoms with Crippen LogP contribution in [0.5, 0.6) is 0 Å². The van der Waals surface area contributed by atoms with Gasteiger partial charge in [0.25, 0.3) is 0 Å². The molecule has 0 fully saturated rings. The lowest BCUT2D eigenvalue weighted by molar-refractivity contribution is -0.138. The third-order valence-electron chi connectivity index (χ3n) is 12.2. The van der Waals surface area contributed by atoms with Crippen LogP contribution in [0.25, 0.3) is 0 Å². The SMILES string of the molecule is CCCCCCCCCC(=O)O.CCCCCCCCCC(=O)O.CCCCCCCCCC(=O)O.CCCCCCCCCC(=O)O.CCCCCCCCCCCCC(O)C(C)N(C)C. The molecule has 2 unspecified atom stereocenters. The average molecular weight is 961 g/mol. The van der Waals surface area contributed by atoms with Gasteiger partial charge in [0.1, 0.15) is 0 Å². The van der Waals surface area contributed by atoms with Gasteiger partial charge in [-0.25, -0.2) is 0 Å². The number of hydrogen-bond acceptors (Lipinski definition) is 6. The normalized spacial score (nSPS) is 11.4. The maximum Gasteiger partial charge on any atom is 0.303 e. The zero-order valence-corrected chi connectivity index (χ0v) is 45.9. The maximum atomic E-state index is 10.1. The molecule has 2 atom stereocenters. The van der Waals surface area contributed by atoms with Gasteiger partial charge in [0.15, 0.2) is 0 Å². The van der Waals surface area contributed by atoms with Gasteiger partial charge in [-0.3, -0.25) is 19.2 Å². The van der Waals surface area contributed by atoms with Gasteiger partial charge in [-0.05, 0) is 53.1 Å². The molecule has 0 aliphatic rings. The zero-order chi connectivity index (χ0) is 51.4. The molecule has 0 heterocycles. The van der Waals surface area contributed by atoms with Crippen molar-refractivity contribution in [3.63, 3.8) is 0 Å². The summed E-state index contributed by atoms with van der Waals surface area (Å²) >= 11 is 0. The van der Waals surface area contributed by atoms with Gasteiger partial charge in [-0.15, -0.1) is 0 Å². The van der Waals surface area contributed by atoms with E-state index in [0.29, 0.717) is 25.7 Å². The molecule has 404 valence electrons. The minimum absolute atomic E-state index is 0.163. The fraction of sp³-hybridized carbons (Fsp3) is 0.930. The number of carboxylic acids is 4. The Morgan fingerprint density at radius 3 is 0.642 bits per heavy atom. The fourth-order valence-electron chi connectivity index (χ4n) is 7.36. The first kappa shape index (κ1) is 73.8. The van der Waals surface area contributed by atoms with Gasteiger partial charge in [-0.1, -0.05) is 253 Å². The van der Waals surface area contributed by atoms with Crippen molar-refractivity contribution >= 4 is 23.9 Å². The number of aliphatic carboxylic acids is 4. The highest BCUT2D eigenvalue weighted by atomic mass is 16.4. The van der Waals surface area contributed by atoms with Gasteiger partial charge in [0, 0.05) is 31.7 Å². The summed E-state index contributed by atoms with van der Waals surface area (Å²) in [4.78, 5) is 42.6. The molecule has 10 nitrogen and oxygen atoms in total. The van der Waals surface area contributed by atoms with Crippen molar-refractivity contribution in [1.29, 1.82) is 0 Å². The van der Waals surface area contributed by atoms with Crippen LogP contribution < -0.4 is 0 Å². The molecule has 0 spiro atoms. The molecule has 0 saturated carbocycles. The monoisotopic (exact) mass is 960 g/mol. The Morgan fingerprint density at radius 1 is 0.313 bits per heavy atom. The summed E-state index contributed by atoms with van der Waals surface area (Å²) < 4.78 is 0. The van der Waals surface area contributed by atoms with E-state index in [9.17, 15) is 24.3 Å². The molecule has 0 aromatic rings. The molecule has 10 heteroatoms. The first-order valence-electron chi connectivity index (χ1n) is 28.4. The van der Waals surface area contributed by atoms with Crippen LogP contribution in [0, 0.1) is 0 Å². The quantitative estimate of drug-likeness (QED) is 0.0370. The predicted molar refractivity (Wildman–Crippen MR) is 287 cm³/mol. The fourth-order valence-corrected chi connectivity index (χ4v) is 7.36. The predicted octanol–water partition coefficient (Wildman–Crippen LogP) is 17.5. The molecular formula is C57H117NO9. The van der Waals surface area contributed by atoms with Crippen molar-refractivity contribution in [2.24, 2.45) is 0 Å². The molecule has 0 amide bonds. The number of carbonyl (C=O) groups is 4. The molecule has 0 bridgehead atoms. The highest BCUT2D eigenvalue weighted by Gasteiger charge is 2.15. The first-order valence-corrected chi connectivity index (χ1v) is 28.4. The van der Waals surface area contributed by atoms with E-state index in [4.69, 9.17) is 20.4 Å². The van der Waals surface area contributed by atoms with Crippen LogP contribution >= 0.6 is 0 Å². The third-order valence-corrected chi connectivity index (χ3v) is 12.2. The molecular weight excluding hydrogens is 843 g/mol. The topological polar surface area (TPSA) is 173 Å². The van der Waals surface area contributed by atoms with Gasteiger partial charge in [-0.2, -0.15) is 0 Å². The number of aliphatic hydroxyl groups excluding tert-OH is 1. The largest absolute Gasteiger partial charge is 0.481 e. The number of unbranched alkanes of at least 4 members (excludes halogenated alkanes) is 33. The molecule has 0 radical (unpaired) electrons. The van der Waals surface area contributed by atoms with E-state index >= 15 is 0 Å². The number of aliphatic hydroxyl groups is 1. The lowest BCUT2D eigenvalue weighted by atomic mass is 10.0. The van der Waals surface area contributed by atoms with Gasteiger partial charge in [0.05, 0.1) is 6.10 Å². The van der Waals surface area contributed by atoms with Crippen molar-refractivity contribution in [2.75, 3.05) is 14.1 Å². The summed E-state index contributed by atoms with van der Waals surface area (Å²) in [7, 11) is 4.07. The second-order valence-electron chi connectivity index (χ2n) is 19.3. The summed E-state index contributed by atoms with van der Waals surface area (Å²) in [6.45, 7) is 13.2. The van der Waals surface area contributed by atoms with Crippen molar-refractivity contribution in [3.8, 4) is 0 Å². The van der Waals surface area contributed by atoms with Crippen LogP contribution in [0.3, 0.4) is 0 Å². The molecule has 0 saturated heterocycles. The summed E-state index contributed by atoms with van der Waals surface area (Å²) in [5.41, 5.74) is 0. The van der Waals surface area contributed by atoms with E-state index < -0.39 is 23.9 Å². The standard InChI is InChI=1S/C17H37NO.4C10H20O2/c1-5-6-7-8-9-10-11-12-13-14-15-17(19)16(2)18(3)4;4*1-2-3-4-5-6-7-8-9-10(11)12/h16-17,19H,5-15H2,1-4H3;4*2-9H2,1H3,(H,11,12).